The van der Waals surface area contributed by atoms with E-state index in [0.29, 0.717) is 0 Å². The van der Waals surface area contributed by atoms with E-state index in [0.717, 1.165) is 17.2 Å². The van der Waals surface area contributed by atoms with Crippen molar-refractivity contribution in [2.45, 2.75) is 43.3 Å². The molecule has 1 aromatic carbocycles. The first-order valence-corrected chi connectivity index (χ1v) is 6.39. The van der Waals surface area contributed by atoms with E-state index in [1.165, 1.54) is 23.3 Å². The maximum Gasteiger partial charge on any atom is 0.159 e. The van der Waals surface area contributed by atoms with Crippen molar-refractivity contribution in [3.8, 4) is 0 Å². The summed E-state index contributed by atoms with van der Waals surface area (Å²) in [5.74, 6) is 0.167. The number of fused-ring (bicyclic) bond motifs is 1. The summed E-state index contributed by atoms with van der Waals surface area (Å²) in [5, 5.41) is 0.765. The van der Waals surface area contributed by atoms with Gasteiger partial charge in [-0.1, -0.05) is 13.0 Å². The second-order valence-electron chi connectivity index (χ2n) is 4.07. The van der Waals surface area contributed by atoms with Crippen molar-refractivity contribution in [2.24, 2.45) is 0 Å². The van der Waals surface area contributed by atoms with Crippen molar-refractivity contribution in [2.75, 3.05) is 0 Å². The van der Waals surface area contributed by atoms with Crippen molar-refractivity contribution < 1.29 is 4.79 Å². The van der Waals surface area contributed by atoms with Crippen LogP contribution in [0.5, 0.6) is 0 Å². The Morgan fingerprint density at radius 1 is 1.53 bits per heavy atom. The SMILES string of the molecule is CC[C@@H]1CCc2cc(C(C)=O)ccc2S1. The molecule has 2 rings (SSSR count). The fourth-order valence-corrected chi connectivity index (χ4v) is 3.17. The highest BCUT2D eigenvalue weighted by molar-refractivity contribution is 8.00. The second-order valence-corrected chi connectivity index (χ2v) is 5.41. The Morgan fingerprint density at radius 2 is 2.33 bits per heavy atom. The topological polar surface area (TPSA) is 17.1 Å². The Balaban J connectivity index is 2.28. The lowest BCUT2D eigenvalue weighted by atomic mass is 10.0. The number of hydrogen-bond donors (Lipinski definition) is 0. The predicted molar refractivity (Wildman–Crippen MR) is 64.7 cm³/mol. The molecular weight excluding hydrogens is 204 g/mol. The normalized spacial score (nSPS) is 19.7. The van der Waals surface area contributed by atoms with Crippen molar-refractivity contribution in [3.63, 3.8) is 0 Å². The molecule has 1 aliphatic rings. The number of thioether (sulfide) groups is 1. The molecule has 0 saturated carbocycles. The van der Waals surface area contributed by atoms with Crippen LogP contribution in [-0.2, 0) is 6.42 Å². The van der Waals surface area contributed by atoms with Gasteiger partial charge < -0.3 is 0 Å². The highest BCUT2D eigenvalue weighted by Gasteiger charge is 2.18. The number of carbonyl (C=O) groups excluding carboxylic acids is 1. The number of ketones is 1. The highest BCUT2D eigenvalue weighted by Crippen LogP contribution is 2.37. The minimum atomic E-state index is 0.167. The van der Waals surface area contributed by atoms with Gasteiger partial charge in [-0.3, -0.25) is 4.79 Å². The van der Waals surface area contributed by atoms with Crippen LogP contribution in [0.2, 0.25) is 0 Å². The summed E-state index contributed by atoms with van der Waals surface area (Å²) >= 11 is 1.97. The molecule has 1 heterocycles. The third kappa shape index (κ3) is 2.25. The molecule has 0 bridgehead atoms. The van der Waals surface area contributed by atoms with Crippen LogP contribution >= 0.6 is 11.8 Å². The van der Waals surface area contributed by atoms with Crippen LogP contribution in [-0.4, -0.2) is 11.0 Å². The zero-order valence-corrected chi connectivity index (χ0v) is 10.1. The fraction of sp³-hybridized carbons (Fsp3) is 0.462. The van der Waals surface area contributed by atoms with Gasteiger partial charge in [0.05, 0.1) is 0 Å². The Morgan fingerprint density at radius 3 is 3.00 bits per heavy atom. The van der Waals surface area contributed by atoms with E-state index >= 15 is 0 Å². The molecule has 15 heavy (non-hydrogen) atoms. The summed E-state index contributed by atoms with van der Waals surface area (Å²) < 4.78 is 0. The quantitative estimate of drug-likeness (QED) is 0.707. The minimum absolute atomic E-state index is 0.167. The van der Waals surface area contributed by atoms with Crippen LogP contribution in [0.4, 0.5) is 0 Å². The maximum absolute atomic E-state index is 11.2. The third-order valence-electron chi connectivity index (χ3n) is 2.95. The van der Waals surface area contributed by atoms with Crippen LogP contribution in [0, 0.1) is 0 Å². The summed E-state index contributed by atoms with van der Waals surface area (Å²) in [6.45, 7) is 3.87. The first-order chi connectivity index (χ1) is 7.20. The van der Waals surface area contributed by atoms with Gasteiger partial charge in [0, 0.05) is 15.7 Å². The minimum Gasteiger partial charge on any atom is -0.295 e. The monoisotopic (exact) mass is 220 g/mol. The maximum atomic E-state index is 11.2. The molecule has 0 fully saturated rings. The molecule has 0 amide bonds. The number of benzene rings is 1. The lowest BCUT2D eigenvalue weighted by Gasteiger charge is -2.23. The number of aryl methyl sites for hydroxylation is 1. The lowest BCUT2D eigenvalue weighted by Crippen LogP contribution is -2.10. The fourth-order valence-electron chi connectivity index (χ4n) is 1.95. The van der Waals surface area contributed by atoms with E-state index in [4.69, 9.17) is 0 Å². The van der Waals surface area contributed by atoms with E-state index in [1.54, 1.807) is 6.92 Å². The Bertz CT molecular complexity index is 384. The average molecular weight is 220 g/mol. The molecule has 1 aliphatic heterocycles. The van der Waals surface area contributed by atoms with Crippen LogP contribution in [0.15, 0.2) is 23.1 Å². The number of Topliss-reactive ketones (excluding diaryl/α,β-unsaturated/α-hetero) is 1. The highest BCUT2D eigenvalue weighted by atomic mass is 32.2. The molecule has 0 aliphatic carbocycles. The predicted octanol–water partition coefficient (Wildman–Crippen LogP) is 3.71. The van der Waals surface area contributed by atoms with Crippen LogP contribution in [0.25, 0.3) is 0 Å². The van der Waals surface area contributed by atoms with Crippen molar-refractivity contribution >= 4 is 17.5 Å². The molecule has 1 nitrogen and oxygen atoms in total. The van der Waals surface area contributed by atoms with Crippen LogP contribution in [0.1, 0.15) is 42.6 Å². The molecule has 0 aromatic heterocycles. The summed E-state index contributed by atoms with van der Waals surface area (Å²) in [5.41, 5.74) is 2.21. The second kappa shape index (κ2) is 4.40. The van der Waals surface area contributed by atoms with Gasteiger partial charge in [0.25, 0.3) is 0 Å². The Hall–Kier alpha value is -0.760. The van der Waals surface area contributed by atoms with Gasteiger partial charge in [-0.2, -0.15) is 0 Å². The average Bonchev–Trinajstić information content (AvgIpc) is 2.27. The Labute approximate surface area is 95.3 Å². The smallest absolute Gasteiger partial charge is 0.159 e. The van der Waals surface area contributed by atoms with E-state index in [9.17, 15) is 4.79 Å². The largest absolute Gasteiger partial charge is 0.295 e. The summed E-state index contributed by atoms with van der Waals surface area (Å²) in [7, 11) is 0. The molecule has 2 heteroatoms. The van der Waals surface area contributed by atoms with E-state index in [-0.39, 0.29) is 5.78 Å². The number of hydrogen-bond acceptors (Lipinski definition) is 2. The molecule has 1 aromatic rings. The van der Waals surface area contributed by atoms with Gasteiger partial charge in [0.1, 0.15) is 0 Å². The zero-order chi connectivity index (χ0) is 10.8. The van der Waals surface area contributed by atoms with Crippen molar-refractivity contribution in [3.05, 3.63) is 29.3 Å². The van der Waals surface area contributed by atoms with E-state index in [1.807, 2.05) is 17.8 Å². The molecule has 0 N–H and O–H groups in total. The molecule has 0 saturated heterocycles. The van der Waals surface area contributed by atoms with Gasteiger partial charge in [0.2, 0.25) is 0 Å². The molecule has 0 radical (unpaired) electrons. The van der Waals surface area contributed by atoms with Crippen LogP contribution in [0.3, 0.4) is 0 Å². The zero-order valence-electron chi connectivity index (χ0n) is 9.25. The molecule has 1 atom stereocenters. The van der Waals surface area contributed by atoms with Crippen molar-refractivity contribution in [1.29, 1.82) is 0 Å². The summed E-state index contributed by atoms with van der Waals surface area (Å²) in [4.78, 5) is 12.6. The standard InChI is InChI=1S/C13H16OS/c1-3-12-6-4-11-8-10(9(2)14)5-7-13(11)15-12/h5,7-8,12H,3-4,6H2,1-2H3/t12-/m1/s1. The van der Waals surface area contributed by atoms with Crippen molar-refractivity contribution in [1.82, 2.24) is 0 Å². The number of carbonyl (C=O) groups is 1. The molecule has 0 unspecified atom stereocenters. The molecule has 0 spiro atoms. The lowest BCUT2D eigenvalue weighted by molar-refractivity contribution is 0.101. The van der Waals surface area contributed by atoms with Gasteiger partial charge >= 0.3 is 0 Å². The van der Waals surface area contributed by atoms with E-state index < -0.39 is 0 Å². The molecule has 80 valence electrons. The van der Waals surface area contributed by atoms with Gasteiger partial charge in [0.15, 0.2) is 5.78 Å². The first kappa shape index (κ1) is 10.7. The van der Waals surface area contributed by atoms with Gasteiger partial charge in [-0.05, 0) is 43.9 Å². The summed E-state index contributed by atoms with van der Waals surface area (Å²) in [6, 6.07) is 6.13. The van der Waals surface area contributed by atoms with Gasteiger partial charge in [-0.25, -0.2) is 0 Å². The summed E-state index contributed by atoms with van der Waals surface area (Å²) in [6.07, 6.45) is 3.61. The first-order valence-electron chi connectivity index (χ1n) is 5.51. The van der Waals surface area contributed by atoms with Gasteiger partial charge in [-0.15, -0.1) is 11.8 Å². The van der Waals surface area contributed by atoms with E-state index in [2.05, 4.69) is 19.1 Å². The molecular formula is C13H16OS. The van der Waals surface area contributed by atoms with Crippen LogP contribution < -0.4 is 0 Å². The number of rotatable bonds is 2. The Kier molecular flexibility index (Phi) is 3.15. The third-order valence-corrected chi connectivity index (χ3v) is 4.51.